The highest BCUT2D eigenvalue weighted by Crippen LogP contribution is 2.37. The van der Waals surface area contributed by atoms with Crippen LogP contribution >= 0.6 is 0 Å². The number of esters is 2. The Morgan fingerprint density at radius 1 is 1.17 bits per heavy atom. The van der Waals surface area contributed by atoms with Gasteiger partial charge in [-0.1, -0.05) is 0 Å². The minimum Gasteiger partial charge on any atom is -0.497 e. The molecule has 0 saturated carbocycles. The number of carbonyl (C=O) groups excluding carboxylic acids is 2. The van der Waals surface area contributed by atoms with Crippen molar-refractivity contribution in [3.8, 4) is 5.75 Å². The first-order valence-electron chi connectivity index (χ1n) is 6.72. The van der Waals surface area contributed by atoms with Crippen LogP contribution < -0.4 is 10.1 Å². The smallest absolute Gasteiger partial charge is 0.418 e. The predicted molar refractivity (Wildman–Crippen MR) is 76.0 cm³/mol. The molecule has 9 heteroatoms. The van der Waals surface area contributed by atoms with Crippen molar-refractivity contribution in [1.29, 1.82) is 0 Å². The van der Waals surface area contributed by atoms with Gasteiger partial charge in [0, 0.05) is 20.0 Å². The van der Waals surface area contributed by atoms with E-state index in [4.69, 9.17) is 14.2 Å². The first-order valence-corrected chi connectivity index (χ1v) is 6.72. The number of carbonyl (C=O) groups is 2. The van der Waals surface area contributed by atoms with Gasteiger partial charge < -0.3 is 19.5 Å². The average molecular weight is 345 g/mol. The van der Waals surface area contributed by atoms with Gasteiger partial charge in [-0.15, -0.1) is 0 Å². The van der Waals surface area contributed by atoms with Crippen molar-refractivity contribution in [3.05, 3.63) is 35.5 Å². The van der Waals surface area contributed by atoms with Gasteiger partial charge >= 0.3 is 18.1 Å². The molecule has 0 radical (unpaired) electrons. The summed E-state index contributed by atoms with van der Waals surface area (Å²) in [5.41, 5.74) is -1.92. The van der Waals surface area contributed by atoms with Gasteiger partial charge in [-0.2, -0.15) is 13.2 Å². The molecule has 6 nitrogen and oxygen atoms in total. The molecule has 0 aliphatic carbocycles. The Hall–Kier alpha value is -2.71. The third-order valence-electron chi connectivity index (χ3n) is 3.02. The van der Waals surface area contributed by atoms with Crippen LogP contribution in [-0.4, -0.2) is 24.8 Å². The third-order valence-corrected chi connectivity index (χ3v) is 3.02. The predicted octanol–water partition coefficient (Wildman–Crippen LogP) is 2.85. The maximum atomic E-state index is 13.1. The molecule has 0 aromatic heterocycles. The maximum absolute atomic E-state index is 13.1. The summed E-state index contributed by atoms with van der Waals surface area (Å²) in [5.74, 6) is -3.40. The topological polar surface area (TPSA) is 73.9 Å². The lowest BCUT2D eigenvalue weighted by Gasteiger charge is -2.29. The molecule has 24 heavy (non-hydrogen) atoms. The summed E-state index contributed by atoms with van der Waals surface area (Å²) >= 11 is 0. The van der Waals surface area contributed by atoms with E-state index in [1.165, 1.54) is 27.0 Å². The van der Waals surface area contributed by atoms with Gasteiger partial charge in [0.25, 0.3) is 5.79 Å². The van der Waals surface area contributed by atoms with Crippen molar-refractivity contribution in [1.82, 2.24) is 0 Å². The van der Waals surface area contributed by atoms with E-state index >= 15 is 0 Å². The highest BCUT2D eigenvalue weighted by Gasteiger charge is 2.39. The molecule has 0 amide bonds. The molecule has 0 unspecified atom stereocenters. The van der Waals surface area contributed by atoms with Crippen LogP contribution in [0.3, 0.4) is 0 Å². The fourth-order valence-electron chi connectivity index (χ4n) is 1.94. The fraction of sp³-hybridized carbons (Fsp3) is 0.333. The number of nitrogens with one attached hydrogen (secondary N) is 1. The highest BCUT2D eigenvalue weighted by atomic mass is 19.4. The Balaban J connectivity index is 2.32. The van der Waals surface area contributed by atoms with Crippen LogP contribution in [0.1, 0.15) is 19.4 Å². The van der Waals surface area contributed by atoms with Gasteiger partial charge in [0.1, 0.15) is 5.75 Å². The fourth-order valence-corrected chi connectivity index (χ4v) is 1.94. The van der Waals surface area contributed by atoms with Crippen molar-refractivity contribution in [2.24, 2.45) is 0 Å². The lowest BCUT2D eigenvalue weighted by molar-refractivity contribution is -0.222. The molecule has 1 aromatic carbocycles. The lowest BCUT2D eigenvalue weighted by atomic mass is 10.1. The molecule has 1 saturated heterocycles. The van der Waals surface area contributed by atoms with Crippen LogP contribution in [0.5, 0.6) is 5.75 Å². The van der Waals surface area contributed by atoms with Gasteiger partial charge in [-0.3, -0.25) is 0 Å². The van der Waals surface area contributed by atoms with E-state index in [-0.39, 0.29) is 11.4 Å². The van der Waals surface area contributed by atoms with E-state index in [0.717, 1.165) is 18.3 Å². The molecule has 0 spiro atoms. The lowest BCUT2D eigenvalue weighted by Crippen LogP contribution is -2.42. The number of hydrogen-bond acceptors (Lipinski definition) is 6. The van der Waals surface area contributed by atoms with Crippen LogP contribution in [-0.2, 0) is 25.2 Å². The van der Waals surface area contributed by atoms with Gasteiger partial charge in [-0.25, -0.2) is 9.59 Å². The Morgan fingerprint density at radius 3 is 2.25 bits per heavy atom. The second-order valence-corrected chi connectivity index (χ2v) is 5.29. The standard InChI is InChI=1S/C15H14F3NO5/c1-14(2)23-12(20)9(13(21)24-14)7-19-11-5-4-8(22-3)6-10(11)15(16,17)18/h4-7,19H,1-3H3. The van der Waals surface area contributed by atoms with Crippen LogP contribution in [0.25, 0.3) is 0 Å². The average Bonchev–Trinajstić information content (AvgIpc) is 2.44. The van der Waals surface area contributed by atoms with Crippen molar-refractivity contribution in [2.75, 3.05) is 12.4 Å². The molecule has 1 aliphatic heterocycles. The number of rotatable bonds is 3. The molecular formula is C15H14F3NO5. The van der Waals surface area contributed by atoms with Crippen LogP contribution in [0.4, 0.5) is 18.9 Å². The first-order chi connectivity index (χ1) is 11.0. The number of methoxy groups -OCH3 is 1. The minimum atomic E-state index is -4.66. The van der Waals surface area contributed by atoms with Crippen LogP contribution in [0, 0.1) is 0 Å². The number of benzene rings is 1. The minimum absolute atomic E-state index is 0.0127. The Labute approximate surface area is 135 Å². The van der Waals surface area contributed by atoms with E-state index in [2.05, 4.69) is 5.32 Å². The van der Waals surface area contributed by atoms with Crippen LogP contribution in [0.15, 0.2) is 30.0 Å². The zero-order valence-corrected chi connectivity index (χ0v) is 13.0. The molecule has 2 rings (SSSR count). The summed E-state index contributed by atoms with van der Waals surface area (Å²) in [6.45, 7) is 2.72. The zero-order chi connectivity index (χ0) is 18.1. The normalized spacial score (nSPS) is 17.0. The molecule has 1 aliphatic rings. The SMILES string of the molecule is COc1ccc(NC=C2C(=O)OC(C)(C)OC2=O)c(C(F)(F)F)c1. The largest absolute Gasteiger partial charge is 0.497 e. The second-order valence-electron chi connectivity index (χ2n) is 5.29. The second kappa shape index (κ2) is 6.06. The van der Waals surface area contributed by atoms with Crippen molar-refractivity contribution >= 4 is 17.6 Å². The van der Waals surface area contributed by atoms with Gasteiger partial charge in [0.15, 0.2) is 5.57 Å². The Kier molecular flexibility index (Phi) is 4.46. The van der Waals surface area contributed by atoms with Gasteiger partial charge in [-0.05, 0) is 18.2 Å². The maximum Gasteiger partial charge on any atom is 0.418 e. The summed E-state index contributed by atoms with van der Waals surface area (Å²) in [5, 5.41) is 2.29. The molecule has 1 N–H and O–H groups in total. The summed E-state index contributed by atoms with van der Waals surface area (Å²) in [7, 11) is 1.24. The van der Waals surface area contributed by atoms with E-state index in [9.17, 15) is 22.8 Å². The number of ether oxygens (including phenoxy) is 3. The third kappa shape index (κ3) is 3.79. The van der Waals surface area contributed by atoms with Gasteiger partial charge in [0.2, 0.25) is 0 Å². The summed E-state index contributed by atoms with van der Waals surface area (Å²) < 4.78 is 53.7. The number of halogens is 3. The zero-order valence-electron chi connectivity index (χ0n) is 13.0. The molecule has 130 valence electrons. The quantitative estimate of drug-likeness (QED) is 0.516. The van der Waals surface area contributed by atoms with Crippen molar-refractivity contribution in [2.45, 2.75) is 25.8 Å². The van der Waals surface area contributed by atoms with Gasteiger partial charge in [0.05, 0.1) is 18.4 Å². The van der Waals surface area contributed by atoms with E-state index in [0.29, 0.717) is 0 Å². The van der Waals surface area contributed by atoms with E-state index in [1.54, 1.807) is 0 Å². The molecule has 1 fully saturated rings. The monoisotopic (exact) mass is 345 g/mol. The molecule has 0 bridgehead atoms. The summed E-state index contributed by atoms with van der Waals surface area (Å²) in [6.07, 6.45) is -3.85. The molecule has 0 atom stereocenters. The Morgan fingerprint density at radius 2 is 1.75 bits per heavy atom. The number of alkyl halides is 3. The highest BCUT2D eigenvalue weighted by molar-refractivity contribution is 6.15. The van der Waals surface area contributed by atoms with E-state index in [1.807, 2.05) is 0 Å². The molecule has 1 heterocycles. The molecular weight excluding hydrogens is 331 g/mol. The summed E-state index contributed by atoms with van der Waals surface area (Å²) in [6, 6.07) is 3.21. The van der Waals surface area contributed by atoms with Crippen molar-refractivity contribution < 1.29 is 37.0 Å². The molecule has 1 aromatic rings. The summed E-state index contributed by atoms with van der Waals surface area (Å²) in [4.78, 5) is 23.5. The van der Waals surface area contributed by atoms with E-state index < -0.39 is 35.0 Å². The number of cyclic esters (lactones) is 2. The first kappa shape index (κ1) is 17.6. The Bertz CT molecular complexity index is 688. The van der Waals surface area contributed by atoms with Crippen molar-refractivity contribution in [3.63, 3.8) is 0 Å². The van der Waals surface area contributed by atoms with Crippen LogP contribution in [0.2, 0.25) is 0 Å². The number of anilines is 1. The number of hydrogen-bond donors (Lipinski definition) is 1.